The monoisotopic (exact) mass is 258 g/mol. The lowest BCUT2D eigenvalue weighted by Gasteiger charge is -2.39. The number of amides is 1. The van der Waals surface area contributed by atoms with Crippen molar-refractivity contribution in [3.05, 3.63) is 0 Å². The van der Waals surface area contributed by atoms with Crippen molar-refractivity contribution in [2.24, 2.45) is 0 Å². The average Bonchev–Trinajstić information content (AvgIpc) is 2.23. The lowest BCUT2D eigenvalue weighted by molar-refractivity contribution is -0.148. The van der Waals surface area contributed by atoms with E-state index in [1.807, 2.05) is 20.8 Å². The van der Waals surface area contributed by atoms with Crippen LogP contribution in [0.4, 0.5) is 0 Å². The second kappa shape index (κ2) is 6.15. The highest BCUT2D eigenvalue weighted by molar-refractivity contribution is 5.78. The molecule has 0 atom stereocenters. The Labute approximate surface area is 107 Å². The summed E-state index contributed by atoms with van der Waals surface area (Å²) >= 11 is 0. The maximum absolute atomic E-state index is 12.0. The Morgan fingerprint density at radius 3 is 2.44 bits per heavy atom. The summed E-state index contributed by atoms with van der Waals surface area (Å²) in [6.07, 6.45) is -0.0389. The van der Waals surface area contributed by atoms with Crippen LogP contribution in [0.3, 0.4) is 0 Å². The Kier molecular flexibility index (Phi) is 5.10. The number of rotatable bonds is 7. The molecule has 1 amide bonds. The van der Waals surface area contributed by atoms with Crippen LogP contribution in [0.25, 0.3) is 0 Å². The minimum absolute atomic E-state index is 0.00990. The zero-order valence-corrected chi connectivity index (χ0v) is 11.2. The maximum Gasteiger partial charge on any atom is 0.305 e. The summed E-state index contributed by atoms with van der Waals surface area (Å²) in [5.74, 6) is -1.05. The Hall–Kier alpha value is -1.14. The summed E-state index contributed by atoms with van der Waals surface area (Å²) in [6, 6.07) is -0.0206. The minimum atomic E-state index is -0.899. The van der Waals surface area contributed by atoms with Crippen LogP contribution in [-0.4, -0.2) is 59.8 Å². The fourth-order valence-electron chi connectivity index (χ4n) is 1.78. The zero-order valence-electron chi connectivity index (χ0n) is 11.2. The fourth-order valence-corrected chi connectivity index (χ4v) is 1.78. The van der Waals surface area contributed by atoms with E-state index in [1.54, 1.807) is 4.90 Å². The second-order valence-corrected chi connectivity index (χ2v) is 5.17. The summed E-state index contributed by atoms with van der Waals surface area (Å²) in [5.41, 5.74) is -0.259. The largest absolute Gasteiger partial charge is 0.481 e. The van der Waals surface area contributed by atoms with Gasteiger partial charge in [0.1, 0.15) is 6.61 Å². The first-order valence-electron chi connectivity index (χ1n) is 6.20. The molecule has 6 nitrogen and oxygen atoms in total. The van der Waals surface area contributed by atoms with E-state index in [-0.39, 0.29) is 37.1 Å². The zero-order chi connectivity index (χ0) is 13.8. The van der Waals surface area contributed by atoms with Crippen LogP contribution < -0.4 is 5.32 Å². The Morgan fingerprint density at radius 1 is 1.44 bits per heavy atom. The maximum atomic E-state index is 12.0. The molecule has 1 saturated heterocycles. The molecule has 0 spiro atoms. The summed E-state index contributed by atoms with van der Waals surface area (Å²) < 4.78 is 5.56. The number of carbonyl (C=O) groups excluding carboxylic acids is 1. The van der Waals surface area contributed by atoms with Crippen molar-refractivity contribution in [3.8, 4) is 0 Å². The Bertz CT molecular complexity index is 313. The van der Waals surface area contributed by atoms with E-state index in [4.69, 9.17) is 9.84 Å². The highest BCUT2D eigenvalue weighted by Gasteiger charge is 2.33. The van der Waals surface area contributed by atoms with Gasteiger partial charge in [-0.1, -0.05) is 0 Å². The van der Waals surface area contributed by atoms with E-state index in [2.05, 4.69) is 5.32 Å². The molecule has 1 rings (SSSR count). The van der Waals surface area contributed by atoms with Gasteiger partial charge in [-0.3, -0.25) is 9.59 Å². The first-order chi connectivity index (χ1) is 8.34. The lowest BCUT2D eigenvalue weighted by atomic mass is 10.0. The van der Waals surface area contributed by atoms with Crippen LogP contribution >= 0.6 is 0 Å². The molecule has 0 saturated carbocycles. The summed E-state index contributed by atoms with van der Waals surface area (Å²) in [4.78, 5) is 24.1. The first-order valence-corrected chi connectivity index (χ1v) is 6.20. The summed E-state index contributed by atoms with van der Waals surface area (Å²) in [5, 5.41) is 11.7. The van der Waals surface area contributed by atoms with Crippen LogP contribution in [0, 0.1) is 0 Å². The molecule has 0 aromatic carbocycles. The van der Waals surface area contributed by atoms with Crippen molar-refractivity contribution in [2.75, 3.05) is 26.2 Å². The van der Waals surface area contributed by atoms with Crippen molar-refractivity contribution in [1.29, 1.82) is 0 Å². The predicted molar refractivity (Wildman–Crippen MR) is 66.3 cm³/mol. The summed E-state index contributed by atoms with van der Waals surface area (Å²) in [6.45, 7) is 7.42. The molecule has 0 unspecified atom stereocenters. The molecule has 0 aromatic rings. The van der Waals surface area contributed by atoms with Crippen molar-refractivity contribution in [3.63, 3.8) is 0 Å². The molecule has 0 aliphatic carbocycles. The molecule has 0 radical (unpaired) electrons. The highest BCUT2D eigenvalue weighted by Crippen LogP contribution is 2.15. The molecular formula is C12H22N2O4. The van der Waals surface area contributed by atoms with Crippen molar-refractivity contribution in [2.45, 2.75) is 38.8 Å². The van der Waals surface area contributed by atoms with E-state index in [9.17, 15) is 9.59 Å². The third kappa shape index (κ3) is 4.27. The molecule has 1 aliphatic rings. The molecule has 1 fully saturated rings. The van der Waals surface area contributed by atoms with E-state index < -0.39 is 5.97 Å². The number of nitrogens with zero attached hydrogens (tertiary/aromatic N) is 1. The van der Waals surface area contributed by atoms with E-state index in [0.29, 0.717) is 0 Å². The van der Waals surface area contributed by atoms with E-state index in [1.165, 1.54) is 0 Å². The number of hydrogen-bond donors (Lipinski definition) is 2. The van der Waals surface area contributed by atoms with Gasteiger partial charge < -0.3 is 20.1 Å². The van der Waals surface area contributed by atoms with Gasteiger partial charge in [-0.25, -0.2) is 0 Å². The van der Waals surface area contributed by atoms with Gasteiger partial charge in [0, 0.05) is 25.7 Å². The van der Waals surface area contributed by atoms with E-state index >= 15 is 0 Å². The van der Waals surface area contributed by atoms with Crippen molar-refractivity contribution < 1.29 is 19.4 Å². The molecule has 0 aromatic heterocycles. The normalized spacial score (nSPS) is 17.3. The number of nitrogens with one attached hydrogen (secondary N) is 1. The van der Waals surface area contributed by atoms with Gasteiger partial charge in [0.15, 0.2) is 0 Å². The number of hydrogen-bond acceptors (Lipinski definition) is 4. The van der Waals surface area contributed by atoms with Gasteiger partial charge in [-0.2, -0.15) is 0 Å². The Balaban J connectivity index is 2.41. The van der Waals surface area contributed by atoms with Crippen molar-refractivity contribution >= 4 is 11.9 Å². The summed E-state index contributed by atoms with van der Waals surface area (Å²) in [7, 11) is 0. The third-order valence-electron chi connectivity index (χ3n) is 3.05. The van der Waals surface area contributed by atoms with Crippen LogP contribution in [0.1, 0.15) is 27.2 Å². The molecule has 1 aliphatic heterocycles. The molecule has 104 valence electrons. The van der Waals surface area contributed by atoms with E-state index in [0.717, 1.165) is 13.1 Å². The van der Waals surface area contributed by atoms with Gasteiger partial charge in [-0.05, 0) is 20.8 Å². The SMILES string of the molecule is CC(C)N(CCC(=O)O)C(=O)COC1(C)CNC1. The molecular weight excluding hydrogens is 236 g/mol. The van der Waals surface area contributed by atoms with Crippen LogP contribution in [0.2, 0.25) is 0 Å². The average molecular weight is 258 g/mol. The van der Waals surface area contributed by atoms with Crippen molar-refractivity contribution in [1.82, 2.24) is 10.2 Å². The highest BCUT2D eigenvalue weighted by atomic mass is 16.5. The van der Waals surface area contributed by atoms with Gasteiger partial charge in [0.05, 0.1) is 12.0 Å². The second-order valence-electron chi connectivity index (χ2n) is 5.17. The first kappa shape index (κ1) is 14.9. The molecule has 1 heterocycles. The number of carbonyl (C=O) groups is 2. The van der Waals surface area contributed by atoms with Gasteiger partial charge >= 0.3 is 5.97 Å². The smallest absolute Gasteiger partial charge is 0.305 e. The molecule has 6 heteroatoms. The molecule has 18 heavy (non-hydrogen) atoms. The number of carboxylic acids is 1. The minimum Gasteiger partial charge on any atom is -0.481 e. The Morgan fingerprint density at radius 2 is 2.06 bits per heavy atom. The third-order valence-corrected chi connectivity index (χ3v) is 3.05. The fraction of sp³-hybridized carbons (Fsp3) is 0.833. The standard InChI is InChI=1S/C12H22N2O4/c1-9(2)14(5-4-11(16)17)10(15)6-18-12(3)7-13-8-12/h9,13H,4-8H2,1-3H3,(H,16,17). The van der Waals surface area contributed by atoms with Gasteiger partial charge in [-0.15, -0.1) is 0 Å². The van der Waals surface area contributed by atoms with Gasteiger partial charge in [0.2, 0.25) is 5.91 Å². The lowest BCUT2D eigenvalue weighted by Crippen LogP contribution is -2.60. The van der Waals surface area contributed by atoms with Crippen LogP contribution in [-0.2, 0) is 14.3 Å². The van der Waals surface area contributed by atoms with Gasteiger partial charge in [0.25, 0.3) is 0 Å². The number of carboxylic acid groups (broad SMARTS) is 1. The topological polar surface area (TPSA) is 78.9 Å². The number of aliphatic carboxylic acids is 1. The van der Waals surface area contributed by atoms with Crippen LogP contribution in [0.15, 0.2) is 0 Å². The molecule has 0 bridgehead atoms. The predicted octanol–water partition coefficient (Wildman–Crippen LogP) is 0.0766. The quantitative estimate of drug-likeness (QED) is 0.676. The van der Waals surface area contributed by atoms with Crippen LogP contribution in [0.5, 0.6) is 0 Å². The molecule has 2 N–H and O–H groups in total. The number of ether oxygens (including phenoxy) is 1.